The fourth-order valence-corrected chi connectivity index (χ4v) is 9.89. The standard InChI is InChI=1S/C26H44NO.HI/c1-18(28)22-9-10-23-21-8-7-19-17-20(27(4)15-5-6-16-27)11-13-25(19,2)24(21)12-14-26(22,23)3;/h19-24H,5-17H2,1-4H3;1H/q+1;/p-1/t19-,20-,21-,22+,23-,24-,25-,26+;/m0./s1. The number of carbonyl (C=O) groups is 1. The maximum Gasteiger partial charge on any atom is 0.133 e. The van der Waals surface area contributed by atoms with Crippen LogP contribution in [0.4, 0.5) is 0 Å². The molecule has 0 unspecified atom stereocenters. The average Bonchev–Trinajstić information content (AvgIpc) is 3.24. The summed E-state index contributed by atoms with van der Waals surface area (Å²) in [6.07, 6.45) is 15.6. The molecule has 3 heteroatoms. The Morgan fingerprint density at radius 2 is 1.52 bits per heavy atom. The average molecular weight is 514 g/mol. The number of carbonyl (C=O) groups excluding carboxylic acids is 1. The van der Waals surface area contributed by atoms with Crippen molar-refractivity contribution in [2.75, 3.05) is 20.1 Å². The van der Waals surface area contributed by atoms with Gasteiger partial charge in [0.15, 0.2) is 0 Å². The van der Waals surface area contributed by atoms with Crippen LogP contribution in [0.15, 0.2) is 0 Å². The molecule has 0 spiro atoms. The topological polar surface area (TPSA) is 17.1 Å². The predicted molar refractivity (Wildman–Crippen MR) is 115 cm³/mol. The molecule has 1 saturated heterocycles. The molecule has 5 rings (SSSR count). The molecule has 0 aromatic rings. The number of nitrogens with zero attached hydrogens (tertiary/aromatic N) is 1. The number of ketones is 1. The maximum atomic E-state index is 12.3. The van der Waals surface area contributed by atoms with Crippen LogP contribution in [-0.2, 0) is 4.79 Å². The lowest BCUT2D eigenvalue weighted by molar-refractivity contribution is -0.924. The lowest BCUT2D eigenvalue weighted by atomic mass is 9.44. The zero-order chi connectivity index (χ0) is 19.7. The molecule has 4 saturated carbocycles. The Morgan fingerprint density at radius 1 is 0.862 bits per heavy atom. The monoisotopic (exact) mass is 513 g/mol. The van der Waals surface area contributed by atoms with E-state index in [1.54, 1.807) is 0 Å². The van der Waals surface area contributed by atoms with Crippen molar-refractivity contribution in [2.24, 2.45) is 40.4 Å². The van der Waals surface area contributed by atoms with Crippen LogP contribution in [0.2, 0.25) is 0 Å². The first-order valence-electron chi connectivity index (χ1n) is 12.6. The fourth-order valence-electron chi connectivity index (χ4n) is 9.89. The van der Waals surface area contributed by atoms with Crippen molar-refractivity contribution in [3.05, 3.63) is 0 Å². The molecule has 0 N–H and O–H groups in total. The Kier molecular flexibility index (Phi) is 6.02. The summed E-state index contributed by atoms with van der Waals surface area (Å²) < 4.78 is 1.39. The van der Waals surface area contributed by atoms with Gasteiger partial charge in [0, 0.05) is 25.2 Å². The Bertz CT molecular complexity index is 643. The summed E-state index contributed by atoms with van der Waals surface area (Å²) in [5, 5.41) is 0. The zero-order valence-electron chi connectivity index (χ0n) is 19.4. The molecule has 1 heterocycles. The van der Waals surface area contributed by atoms with Crippen molar-refractivity contribution < 1.29 is 33.3 Å². The normalized spacial score (nSPS) is 50.8. The van der Waals surface area contributed by atoms with Crippen molar-refractivity contribution in [1.82, 2.24) is 0 Å². The minimum absolute atomic E-state index is 0. The van der Waals surface area contributed by atoms with Gasteiger partial charge < -0.3 is 28.5 Å². The highest BCUT2D eigenvalue weighted by Gasteiger charge is 2.61. The fraction of sp³-hybridized carbons (Fsp3) is 0.962. The van der Waals surface area contributed by atoms with E-state index < -0.39 is 0 Å². The summed E-state index contributed by atoms with van der Waals surface area (Å²) in [7, 11) is 2.57. The third kappa shape index (κ3) is 3.29. The summed E-state index contributed by atoms with van der Waals surface area (Å²) >= 11 is 0. The number of quaternary nitrogens is 1. The zero-order valence-corrected chi connectivity index (χ0v) is 21.5. The lowest BCUT2D eigenvalue weighted by Crippen LogP contribution is -3.00. The Hall–Kier alpha value is 0.360. The summed E-state index contributed by atoms with van der Waals surface area (Å²) in [6.45, 7) is 9.94. The van der Waals surface area contributed by atoms with E-state index in [1.165, 1.54) is 88.2 Å². The second-order valence-corrected chi connectivity index (χ2v) is 12.5. The summed E-state index contributed by atoms with van der Waals surface area (Å²) in [5.74, 6) is 4.50. The van der Waals surface area contributed by atoms with Crippen molar-refractivity contribution in [3.8, 4) is 0 Å². The van der Waals surface area contributed by atoms with E-state index >= 15 is 0 Å². The largest absolute Gasteiger partial charge is 1.00 e. The van der Waals surface area contributed by atoms with Crippen molar-refractivity contribution in [2.45, 2.75) is 97.4 Å². The van der Waals surface area contributed by atoms with Gasteiger partial charge in [0.05, 0.1) is 26.2 Å². The molecule has 5 fully saturated rings. The van der Waals surface area contributed by atoms with Gasteiger partial charge in [0.1, 0.15) is 5.78 Å². The van der Waals surface area contributed by atoms with E-state index in [1.807, 2.05) is 6.92 Å². The molecule has 0 aromatic carbocycles. The van der Waals surface area contributed by atoms with E-state index in [9.17, 15) is 4.79 Å². The van der Waals surface area contributed by atoms with Crippen LogP contribution in [0.3, 0.4) is 0 Å². The third-order valence-corrected chi connectivity index (χ3v) is 11.6. The molecule has 0 bridgehead atoms. The van der Waals surface area contributed by atoms with Gasteiger partial charge in [0.2, 0.25) is 0 Å². The molecule has 0 amide bonds. The first kappa shape index (κ1) is 22.6. The molecule has 0 aromatic heterocycles. The number of rotatable bonds is 2. The molecule has 1 aliphatic heterocycles. The van der Waals surface area contributed by atoms with Gasteiger partial charge in [0.25, 0.3) is 0 Å². The van der Waals surface area contributed by atoms with Gasteiger partial charge in [-0.1, -0.05) is 13.8 Å². The summed E-state index contributed by atoms with van der Waals surface area (Å²) in [4.78, 5) is 12.3. The van der Waals surface area contributed by atoms with Crippen LogP contribution in [0, 0.1) is 40.4 Å². The summed E-state index contributed by atoms with van der Waals surface area (Å²) in [5.41, 5.74) is 0.912. The number of halogens is 1. The lowest BCUT2D eigenvalue weighted by Gasteiger charge is -2.61. The minimum Gasteiger partial charge on any atom is -1.00 e. The van der Waals surface area contributed by atoms with Crippen LogP contribution < -0.4 is 24.0 Å². The van der Waals surface area contributed by atoms with E-state index in [-0.39, 0.29) is 24.0 Å². The second-order valence-electron chi connectivity index (χ2n) is 12.5. The van der Waals surface area contributed by atoms with Crippen LogP contribution >= 0.6 is 0 Å². The van der Waals surface area contributed by atoms with Crippen molar-refractivity contribution in [1.29, 1.82) is 0 Å². The number of Topliss-reactive ketones (excluding diaryl/α,β-unsaturated/α-hetero) is 1. The SMILES string of the molecule is CC(=O)[C@H]1CC[C@H]2[C@@H]3CC[C@H]4C[C@@H]([N+]5(C)CCCC5)CC[C@]4(C)[C@H]3CC[C@]12C.[I-]. The van der Waals surface area contributed by atoms with Crippen molar-refractivity contribution >= 4 is 5.78 Å². The van der Waals surface area contributed by atoms with Crippen molar-refractivity contribution in [3.63, 3.8) is 0 Å². The van der Waals surface area contributed by atoms with Gasteiger partial charge in [-0.25, -0.2) is 0 Å². The van der Waals surface area contributed by atoms with Crippen LogP contribution in [0.25, 0.3) is 0 Å². The first-order chi connectivity index (χ1) is 13.3. The molecule has 29 heavy (non-hydrogen) atoms. The number of fused-ring (bicyclic) bond motifs is 5. The van der Waals surface area contributed by atoms with E-state index in [0.717, 1.165) is 29.7 Å². The van der Waals surface area contributed by atoms with Gasteiger partial charge in [-0.05, 0) is 92.8 Å². The smallest absolute Gasteiger partial charge is 0.133 e. The predicted octanol–water partition coefficient (Wildman–Crippen LogP) is 2.85. The van der Waals surface area contributed by atoms with Crippen LogP contribution in [-0.4, -0.2) is 36.4 Å². The molecule has 2 nitrogen and oxygen atoms in total. The quantitative estimate of drug-likeness (QED) is 0.410. The molecule has 166 valence electrons. The van der Waals surface area contributed by atoms with Gasteiger partial charge in [-0.15, -0.1) is 0 Å². The van der Waals surface area contributed by atoms with Crippen LogP contribution in [0.5, 0.6) is 0 Å². The third-order valence-electron chi connectivity index (χ3n) is 11.6. The number of likely N-dealkylation sites (tertiary alicyclic amines) is 1. The maximum absolute atomic E-state index is 12.3. The highest BCUT2D eigenvalue weighted by atomic mass is 127. The van der Waals surface area contributed by atoms with Crippen LogP contribution in [0.1, 0.15) is 91.4 Å². The molecule has 8 atom stereocenters. The first-order valence-corrected chi connectivity index (χ1v) is 12.6. The molecular formula is C26H44INO. The second kappa shape index (κ2) is 7.74. The highest BCUT2D eigenvalue weighted by Crippen LogP contribution is 2.67. The Morgan fingerprint density at radius 3 is 2.21 bits per heavy atom. The van der Waals surface area contributed by atoms with E-state index in [2.05, 4.69) is 20.9 Å². The molecule has 0 radical (unpaired) electrons. The van der Waals surface area contributed by atoms with E-state index in [0.29, 0.717) is 22.5 Å². The molecule has 4 aliphatic carbocycles. The highest BCUT2D eigenvalue weighted by molar-refractivity contribution is 5.79. The number of hydrogen-bond acceptors (Lipinski definition) is 1. The van der Waals surface area contributed by atoms with Gasteiger partial charge in [-0.3, -0.25) is 4.79 Å². The van der Waals surface area contributed by atoms with Gasteiger partial charge in [-0.2, -0.15) is 0 Å². The molecule has 5 aliphatic rings. The minimum atomic E-state index is 0. The molecular weight excluding hydrogens is 469 g/mol. The van der Waals surface area contributed by atoms with E-state index in [4.69, 9.17) is 0 Å². The number of hydrogen-bond donors (Lipinski definition) is 0. The summed E-state index contributed by atoms with van der Waals surface area (Å²) in [6, 6.07) is 0.944. The Balaban J connectivity index is 0.00000205. The Labute approximate surface area is 196 Å². The van der Waals surface area contributed by atoms with Gasteiger partial charge >= 0.3 is 0 Å².